The molecule has 1 N–H and O–H groups in total. The molecule has 6 nitrogen and oxygen atoms in total. The van der Waals surface area contributed by atoms with E-state index in [1.807, 2.05) is 6.07 Å². The van der Waals surface area contributed by atoms with Crippen LogP contribution in [-0.2, 0) is 0 Å². The van der Waals surface area contributed by atoms with E-state index in [9.17, 15) is 4.79 Å². The number of nitrogens with zero attached hydrogens (tertiary/aromatic N) is 1. The number of rotatable bonds is 5. The van der Waals surface area contributed by atoms with Gasteiger partial charge in [0.15, 0.2) is 11.5 Å². The molecule has 1 amide bonds. The minimum absolute atomic E-state index is 0.314. The largest absolute Gasteiger partial charge is 0.493 e. The Bertz CT molecular complexity index is 704. The number of methoxy groups -OCH3 is 2. The maximum absolute atomic E-state index is 12.0. The summed E-state index contributed by atoms with van der Waals surface area (Å²) in [5.41, 5.74) is 4.44. The normalized spacial score (nSPS) is 11.2. The number of aryl methyl sites for hydroxylation is 1. The van der Waals surface area contributed by atoms with Crippen LogP contribution in [0.5, 0.6) is 11.5 Å². The van der Waals surface area contributed by atoms with Gasteiger partial charge in [0, 0.05) is 5.56 Å². The van der Waals surface area contributed by atoms with Crippen molar-refractivity contribution < 1.29 is 18.7 Å². The molecule has 0 aliphatic heterocycles. The lowest BCUT2D eigenvalue weighted by Gasteiger charge is -2.09. The van der Waals surface area contributed by atoms with Gasteiger partial charge in [0.1, 0.15) is 5.76 Å². The van der Waals surface area contributed by atoms with E-state index < -0.39 is 0 Å². The average molecular weight is 302 g/mol. The van der Waals surface area contributed by atoms with E-state index in [-0.39, 0.29) is 5.91 Å². The van der Waals surface area contributed by atoms with Crippen molar-refractivity contribution in [1.82, 2.24) is 5.43 Å². The van der Waals surface area contributed by atoms with Gasteiger partial charge in [0.25, 0.3) is 5.91 Å². The van der Waals surface area contributed by atoms with Crippen molar-refractivity contribution >= 4 is 11.6 Å². The number of amides is 1. The molecule has 0 bridgehead atoms. The van der Waals surface area contributed by atoms with Crippen molar-refractivity contribution in [3.05, 3.63) is 47.4 Å². The maximum atomic E-state index is 12.0. The number of hydrogen-bond acceptors (Lipinski definition) is 5. The van der Waals surface area contributed by atoms with Gasteiger partial charge in [-0.25, -0.2) is 5.43 Å². The lowest BCUT2D eigenvalue weighted by Crippen LogP contribution is -2.19. The zero-order valence-corrected chi connectivity index (χ0v) is 13.0. The Hall–Kier alpha value is -2.76. The average Bonchev–Trinajstić information content (AvgIpc) is 2.97. The van der Waals surface area contributed by atoms with Crippen molar-refractivity contribution in [2.45, 2.75) is 13.8 Å². The Morgan fingerprint density at radius 1 is 1.18 bits per heavy atom. The first-order valence-corrected chi connectivity index (χ1v) is 6.68. The smallest absolute Gasteiger partial charge is 0.274 e. The summed E-state index contributed by atoms with van der Waals surface area (Å²) in [7, 11) is 3.14. The molecule has 0 fully saturated rings. The minimum atomic E-state index is -0.314. The molecule has 2 aromatic rings. The van der Waals surface area contributed by atoms with E-state index in [1.54, 1.807) is 46.3 Å². The Morgan fingerprint density at radius 2 is 1.91 bits per heavy atom. The molecule has 116 valence electrons. The van der Waals surface area contributed by atoms with Crippen molar-refractivity contribution in [1.29, 1.82) is 0 Å². The van der Waals surface area contributed by atoms with E-state index in [2.05, 4.69) is 10.5 Å². The quantitative estimate of drug-likeness (QED) is 0.681. The van der Waals surface area contributed by atoms with Gasteiger partial charge in [0.2, 0.25) is 0 Å². The van der Waals surface area contributed by atoms with Gasteiger partial charge in [-0.05, 0) is 38.1 Å². The summed E-state index contributed by atoms with van der Waals surface area (Å²) < 4.78 is 15.5. The van der Waals surface area contributed by atoms with Crippen LogP contribution in [0.15, 0.2) is 40.0 Å². The first-order chi connectivity index (χ1) is 10.6. The zero-order chi connectivity index (χ0) is 16.1. The fourth-order valence-electron chi connectivity index (χ4n) is 1.94. The summed E-state index contributed by atoms with van der Waals surface area (Å²) in [5.74, 6) is 1.48. The van der Waals surface area contributed by atoms with Crippen LogP contribution < -0.4 is 14.9 Å². The standard InChI is InChI=1S/C16H18N2O4/c1-10(12-5-6-14(20-3)15(9-12)21-4)17-18-16(19)13-7-8-22-11(13)2/h5-9H,1-4H3,(H,18,19). The molecule has 0 saturated heterocycles. The van der Waals surface area contributed by atoms with Gasteiger partial charge in [-0.2, -0.15) is 5.10 Å². The number of benzene rings is 1. The molecule has 1 heterocycles. The third-order valence-electron chi connectivity index (χ3n) is 3.23. The number of hydrazone groups is 1. The summed E-state index contributed by atoms with van der Waals surface area (Å²) in [6.45, 7) is 3.52. The molecular weight excluding hydrogens is 284 g/mol. The lowest BCUT2D eigenvalue weighted by atomic mass is 10.1. The molecule has 0 aliphatic carbocycles. The van der Waals surface area contributed by atoms with Crippen LogP contribution >= 0.6 is 0 Å². The SMILES string of the molecule is COc1ccc(C(C)=NNC(=O)c2ccoc2C)cc1OC. The molecule has 0 spiro atoms. The number of ether oxygens (including phenoxy) is 2. The minimum Gasteiger partial charge on any atom is -0.493 e. The Balaban J connectivity index is 2.15. The topological polar surface area (TPSA) is 73.1 Å². The van der Waals surface area contributed by atoms with Crippen LogP contribution in [0.3, 0.4) is 0 Å². The van der Waals surface area contributed by atoms with Crippen LogP contribution in [-0.4, -0.2) is 25.8 Å². The van der Waals surface area contributed by atoms with Crippen LogP contribution in [0.4, 0.5) is 0 Å². The van der Waals surface area contributed by atoms with E-state index in [0.29, 0.717) is 28.5 Å². The van der Waals surface area contributed by atoms with E-state index in [4.69, 9.17) is 13.9 Å². The lowest BCUT2D eigenvalue weighted by molar-refractivity contribution is 0.0953. The van der Waals surface area contributed by atoms with Crippen LogP contribution in [0, 0.1) is 6.92 Å². The number of furan rings is 1. The van der Waals surface area contributed by atoms with Crippen molar-refractivity contribution in [3.8, 4) is 11.5 Å². The van der Waals surface area contributed by atoms with Gasteiger partial charge >= 0.3 is 0 Å². The molecule has 0 unspecified atom stereocenters. The summed E-state index contributed by atoms with van der Waals surface area (Å²) in [5, 5.41) is 4.10. The molecule has 2 rings (SSSR count). The Morgan fingerprint density at radius 3 is 2.50 bits per heavy atom. The molecular formula is C16H18N2O4. The second kappa shape index (κ2) is 6.80. The van der Waals surface area contributed by atoms with E-state index >= 15 is 0 Å². The molecule has 0 radical (unpaired) electrons. The monoisotopic (exact) mass is 302 g/mol. The molecule has 0 aliphatic rings. The highest BCUT2D eigenvalue weighted by Gasteiger charge is 2.11. The molecule has 1 aromatic heterocycles. The van der Waals surface area contributed by atoms with Crippen LogP contribution in [0.25, 0.3) is 0 Å². The van der Waals surface area contributed by atoms with Crippen molar-refractivity contribution in [2.24, 2.45) is 5.10 Å². The molecule has 1 aromatic carbocycles. The van der Waals surface area contributed by atoms with E-state index in [0.717, 1.165) is 5.56 Å². The fraction of sp³-hybridized carbons (Fsp3) is 0.250. The van der Waals surface area contributed by atoms with Crippen LogP contribution in [0.1, 0.15) is 28.6 Å². The number of carbonyl (C=O) groups excluding carboxylic acids is 1. The predicted octanol–water partition coefficient (Wildman–Crippen LogP) is 2.76. The predicted molar refractivity (Wildman–Crippen MR) is 82.7 cm³/mol. The summed E-state index contributed by atoms with van der Waals surface area (Å²) >= 11 is 0. The van der Waals surface area contributed by atoms with E-state index in [1.165, 1.54) is 6.26 Å². The summed E-state index contributed by atoms with van der Waals surface area (Å²) in [6, 6.07) is 7.03. The molecule has 0 saturated carbocycles. The fourth-order valence-corrected chi connectivity index (χ4v) is 1.94. The van der Waals surface area contributed by atoms with Crippen LogP contribution in [0.2, 0.25) is 0 Å². The highest BCUT2D eigenvalue weighted by atomic mass is 16.5. The third-order valence-corrected chi connectivity index (χ3v) is 3.23. The molecule has 0 atom stereocenters. The number of hydrogen-bond donors (Lipinski definition) is 1. The number of carbonyl (C=O) groups is 1. The van der Waals surface area contributed by atoms with Gasteiger partial charge in [-0.3, -0.25) is 4.79 Å². The highest BCUT2D eigenvalue weighted by Crippen LogP contribution is 2.27. The second-order valence-electron chi connectivity index (χ2n) is 4.60. The Kier molecular flexibility index (Phi) is 4.83. The summed E-state index contributed by atoms with van der Waals surface area (Å²) in [6.07, 6.45) is 1.47. The third kappa shape index (κ3) is 3.28. The van der Waals surface area contributed by atoms with Gasteiger partial charge in [-0.15, -0.1) is 0 Å². The van der Waals surface area contributed by atoms with Gasteiger partial charge in [-0.1, -0.05) is 0 Å². The Labute approximate surface area is 128 Å². The first kappa shape index (κ1) is 15.6. The maximum Gasteiger partial charge on any atom is 0.274 e. The first-order valence-electron chi connectivity index (χ1n) is 6.68. The summed E-state index contributed by atoms with van der Waals surface area (Å²) in [4.78, 5) is 12.0. The van der Waals surface area contributed by atoms with Gasteiger partial charge < -0.3 is 13.9 Å². The van der Waals surface area contributed by atoms with Gasteiger partial charge in [0.05, 0.1) is 31.8 Å². The zero-order valence-electron chi connectivity index (χ0n) is 13.0. The van der Waals surface area contributed by atoms with Crippen molar-refractivity contribution in [2.75, 3.05) is 14.2 Å². The van der Waals surface area contributed by atoms with Crippen molar-refractivity contribution in [3.63, 3.8) is 0 Å². The highest BCUT2D eigenvalue weighted by molar-refractivity contribution is 6.01. The number of nitrogens with one attached hydrogen (secondary N) is 1. The molecule has 22 heavy (non-hydrogen) atoms. The molecule has 6 heteroatoms. The second-order valence-corrected chi connectivity index (χ2v) is 4.60.